The Balaban J connectivity index is 2.29. The fourth-order valence-electron chi connectivity index (χ4n) is 2.24. The first-order valence-corrected chi connectivity index (χ1v) is 6.59. The molecule has 0 N–H and O–H groups in total. The molecule has 2 heterocycles. The van der Waals surface area contributed by atoms with Crippen LogP contribution >= 0.6 is 0 Å². The molecule has 0 fully saturated rings. The highest BCUT2D eigenvalue weighted by atomic mass is 19.4. The zero-order chi connectivity index (χ0) is 16.4. The van der Waals surface area contributed by atoms with Crippen LogP contribution in [0.4, 0.5) is 13.2 Å². The van der Waals surface area contributed by atoms with E-state index >= 15 is 0 Å². The van der Waals surface area contributed by atoms with Gasteiger partial charge in [0.2, 0.25) is 0 Å². The monoisotopic (exact) mass is 306 g/mol. The zero-order valence-electron chi connectivity index (χ0n) is 11.9. The van der Waals surface area contributed by atoms with Crippen molar-refractivity contribution in [1.82, 2.24) is 9.38 Å². The molecule has 22 heavy (non-hydrogen) atoms. The number of imidazole rings is 1. The molecule has 0 aliphatic rings. The van der Waals surface area contributed by atoms with E-state index in [4.69, 9.17) is 6.57 Å². The maximum Gasteiger partial charge on any atom is 0.389 e. The third kappa shape index (κ3) is 3.37. The molecule has 0 radical (unpaired) electrons. The van der Waals surface area contributed by atoms with Crippen LogP contribution in [-0.2, 0) is 6.42 Å². The fraction of sp³-hybridized carbons (Fsp3) is 0.400. The Morgan fingerprint density at radius 3 is 2.64 bits per heavy atom. The Kier molecular flexibility index (Phi) is 4.09. The minimum Gasteiger partial charge on any atom is -0.304 e. The van der Waals surface area contributed by atoms with E-state index in [1.165, 1.54) is 0 Å². The molecule has 0 aliphatic heterocycles. The van der Waals surface area contributed by atoms with Crippen molar-refractivity contribution < 1.29 is 13.2 Å². The summed E-state index contributed by atoms with van der Waals surface area (Å²) in [7, 11) is 0. The van der Waals surface area contributed by atoms with Crippen LogP contribution < -0.4 is 0 Å². The first-order valence-electron chi connectivity index (χ1n) is 6.59. The molecule has 0 aromatic carbocycles. The number of nitriles is 1. The lowest BCUT2D eigenvalue weighted by Gasteiger charge is -2.14. The number of hydrogen-bond acceptors (Lipinski definition) is 2. The summed E-state index contributed by atoms with van der Waals surface area (Å²) >= 11 is 0. The molecule has 2 aromatic heterocycles. The van der Waals surface area contributed by atoms with E-state index in [-0.39, 0.29) is 6.42 Å². The predicted octanol–water partition coefficient (Wildman–Crippen LogP) is 3.71. The summed E-state index contributed by atoms with van der Waals surface area (Å²) in [6, 6.07) is 7.19. The molecule has 7 heteroatoms. The minimum absolute atomic E-state index is 0.121. The summed E-state index contributed by atoms with van der Waals surface area (Å²) in [6.45, 7) is 9.01. The van der Waals surface area contributed by atoms with Crippen LogP contribution in [0.3, 0.4) is 0 Å². The lowest BCUT2D eigenvalue weighted by atomic mass is 9.90. The topological polar surface area (TPSA) is 45.5 Å². The largest absolute Gasteiger partial charge is 0.389 e. The summed E-state index contributed by atoms with van der Waals surface area (Å²) in [4.78, 5) is 7.45. The van der Waals surface area contributed by atoms with Gasteiger partial charge in [0.25, 0.3) is 0 Å². The van der Waals surface area contributed by atoms with E-state index < -0.39 is 24.6 Å². The van der Waals surface area contributed by atoms with Gasteiger partial charge in [-0.2, -0.15) is 18.4 Å². The molecule has 2 aromatic rings. The molecule has 0 amide bonds. The van der Waals surface area contributed by atoms with E-state index in [0.29, 0.717) is 11.3 Å². The third-order valence-corrected chi connectivity index (χ3v) is 3.46. The highest BCUT2D eigenvalue weighted by molar-refractivity contribution is 5.42. The van der Waals surface area contributed by atoms with E-state index in [2.05, 4.69) is 9.83 Å². The van der Waals surface area contributed by atoms with Crippen molar-refractivity contribution in [2.24, 2.45) is 0 Å². The van der Waals surface area contributed by atoms with Crippen LogP contribution in [0, 0.1) is 24.8 Å². The van der Waals surface area contributed by atoms with Crippen molar-refractivity contribution in [2.75, 3.05) is 0 Å². The van der Waals surface area contributed by atoms with Crippen LogP contribution in [0.15, 0.2) is 24.4 Å². The van der Waals surface area contributed by atoms with Crippen LogP contribution in [0.5, 0.6) is 0 Å². The SMILES string of the molecule is [C-]#[N+]C(C#N)(CCC(F)(F)F)Cc1cn2c(C)cccc2n1. The molecule has 0 saturated heterocycles. The number of aryl methyl sites for hydroxylation is 1. The maximum atomic E-state index is 12.4. The molecule has 1 unspecified atom stereocenters. The standard InChI is InChI=1S/C15H13F3N4/c1-11-4-3-5-13-21-12(9-22(11)13)8-14(10-19,20-2)6-7-15(16,17)18/h3-5,9H,6-8H2,1H3. The van der Waals surface area contributed by atoms with Crippen LogP contribution in [-0.4, -0.2) is 21.1 Å². The van der Waals surface area contributed by atoms with Crippen LogP contribution in [0.25, 0.3) is 10.5 Å². The third-order valence-electron chi connectivity index (χ3n) is 3.46. The Bertz CT molecular complexity index is 748. The van der Waals surface area contributed by atoms with Gasteiger partial charge in [-0.25, -0.2) is 11.6 Å². The summed E-state index contributed by atoms with van der Waals surface area (Å²) in [5.74, 6) is 0. The van der Waals surface area contributed by atoms with Crippen LogP contribution in [0.2, 0.25) is 0 Å². The van der Waals surface area contributed by atoms with Crippen molar-refractivity contribution in [2.45, 2.75) is 37.9 Å². The highest BCUT2D eigenvalue weighted by Gasteiger charge is 2.42. The van der Waals surface area contributed by atoms with Crippen molar-refractivity contribution in [1.29, 1.82) is 5.26 Å². The summed E-state index contributed by atoms with van der Waals surface area (Å²) in [5.41, 5.74) is 0.259. The predicted molar refractivity (Wildman–Crippen MR) is 73.9 cm³/mol. The summed E-state index contributed by atoms with van der Waals surface area (Å²) in [6.07, 6.45) is -4.55. The normalized spacial score (nSPS) is 14.3. The molecular formula is C15H13F3N4. The van der Waals surface area contributed by atoms with Gasteiger partial charge in [-0.1, -0.05) is 6.07 Å². The maximum absolute atomic E-state index is 12.4. The molecule has 4 nitrogen and oxygen atoms in total. The van der Waals surface area contributed by atoms with Gasteiger partial charge in [0.1, 0.15) is 5.65 Å². The first-order chi connectivity index (χ1) is 10.3. The number of hydrogen-bond donors (Lipinski definition) is 0. The summed E-state index contributed by atoms with van der Waals surface area (Å²) < 4.78 is 38.9. The average Bonchev–Trinajstić information content (AvgIpc) is 2.86. The molecule has 0 bridgehead atoms. The second-order valence-corrected chi connectivity index (χ2v) is 5.17. The fourth-order valence-corrected chi connectivity index (χ4v) is 2.24. The molecule has 1 atom stereocenters. The molecule has 0 saturated carbocycles. The van der Waals surface area contributed by atoms with Crippen molar-refractivity contribution in [3.63, 3.8) is 0 Å². The van der Waals surface area contributed by atoms with E-state index in [9.17, 15) is 18.4 Å². The quantitative estimate of drug-likeness (QED) is 0.808. The van der Waals surface area contributed by atoms with Gasteiger partial charge in [0, 0.05) is 18.3 Å². The van der Waals surface area contributed by atoms with E-state index in [1.54, 1.807) is 22.7 Å². The average molecular weight is 306 g/mol. The van der Waals surface area contributed by atoms with Crippen LogP contribution in [0.1, 0.15) is 24.2 Å². The number of aromatic nitrogens is 2. The van der Waals surface area contributed by atoms with Gasteiger partial charge in [-0.3, -0.25) is 4.85 Å². The first kappa shape index (κ1) is 15.8. The van der Waals surface area contributed by atoms with Gasteiger partial charge in [0.05, 0.1) is 18.5 Å². The molecule has 2 rings (SSSR count). The molecule has 0 spiro atoms. The minimum atomic E-state index is -4.39. The molecular weight excluding hydrogens is 293 g/mol. The second-order valence-electron chi connectivity index (χ2n) is 5.17. The van der Waals surface area contributed by atoms with Gasteiger partial charge in [0.15, 0.2) is 6.07 Å². The number of halogens is 3. The Labute approximate surface area is 125 Å². The Morgan fingerprint density at radius 1 is 1.36 bits per heavy atom. The Morgan fingerprint density at radius 2 is 2.09 bits per heavy atom. The van der Waals surface area contributed by atoms with Crippen molar-refractivity contribution in [3.8, 4) is 6.07 Å². The number of pyridine rings is 1. The number of alkyl halides is 3. The van der Waals surface area contributed by atoms with E-state index in [1.807, 2.05) is 19.1 Å². The van der Waals surface area contributed by atoms with Gasteiger partial charge in [-0.15, -0.1) is 0 Å². The van der Waals surface area contributed by atoms with Crippen molar-refractivity contribution >= 4 is 5.65 Å². The van der Waals surface area contributed by atoms with Crippen molar-refractivity contribution in [3.05, 3.63) is 47.2 Å². The highest BCUT2D eigenvalue weighted by Crippen LogP contribution is 2.30. The number of fused-ring (bicyclic) bond motifs is 1. The van der Waals surface area contributed by atoms with Gasteiger partial charge < -0.3 is 4.40 Å². The second kappa shape index (κ2) is 5.69. The molecule has 114 valence electrons. The smallest absolute Gasteiger partial charge is 0.304 e. The lowest BCUT2D eigenvalue weighted by Crippen LogP contribution is -2.28. The van der Waals surface area contributed by atoms with E-state index in [0.717, 1.165) is 5.69 Å². The van der Waals surface area contributed by atoms with Gasteiger partial charge in [-0.05, 0) is 19.1 Å². The number of rotatable bonds is 4. The molecule has 0 aliphatic carbocycles. The Hall–Kier alpha value is -2.54. The lowest BCUT2D eigenvalue weighted by molar-refractivity contribution is -0.136. The van der Waals surface area contributed by atoms with Gasteiger partial charge >= 0.3 is 11.7 Å². The summed E-state index contributed by atoms with van der Waals surface area (Å²) in [5, 5.41) is 9.20. The zero-order valence-corrected chi connectivity index (χ0v) is 11.9. The number of nitrogens with zero attached hydrogens (tertiary/aromatic N) is 4.